The second kappa shape index (κ2) is 4.04. The Bertz CT molecular complexity index is 267. The summed E-state index contributed by atoms with van der Waals surface area (Å²) >= 11 is 0. The van der Waals surface area contributed by atoms with Crippen molar-refractivity contribution in [3.8, 4) is 6.07 Å². The molecule has 0 atom stereocenters. The van der Waals surface area contributed by atoms with Crippen LogP contribution in [0, 0.1) is 29.1 Å². The monoisotopic (exact) mass is 218 g/mol. The fourth-order valence-corrected chi connectivity index (χ4v) is 4.85. The number of nitrogens with zero attached hydrogens (tertiary/aromatic N) is 1. The van der Waals surface area contributed by atoms with E-state index in [-0.39, 0.29) is 0 Å². The van der Waals surface area contributed by atoms with Crippen molar-refractivity contribution in [2.24, 2.45) is 17.8 Å². The third kappa shape index (κ3) is 1.86. The molecule has 0 amide bonds. The van der Waals surface area contributed by atoms with Crippen molar-refractivity contribution in [2.45, 2.75) is 56.9 Å². The zero-order chi connectivity index (χ0) is 11.0. The van der Waals surface area contributed by atoms with E-state index in [9.17, 15) is 0 Å². The molecule has 88 valence electrons. The molecule has 16 heavy (non-hydrogen) atoms. The third-order valence-corrected chi connectivity index (χ3v) is 5.00. The topological polar surface area (TPSA) is 35.8 Å². The van der Waals surface area contributed by atoms with Gasteiger partial charge in [0.05, 0.1) is 6.07 Å². The minimum atomic E-state index is 0.490. The molecule has 4 aliphatic carbocycles. The van der Waals surface area contributed by atoms with E-state index in [0.29, 0.717) is 12.0 Å². The molecule has 2 nitrogen and oxygen atoms in total. The number of hydrogen-bond acceptors (Lipinski definition) is 2. The highest BCUT2D eigenvalue weighted by molar-refractivity contribution is 5.06. The molecule has 4 rings (SSSR count). The molecule has 4 saturated carbocycles. The van der Waals surface area contributed by atoms with Crippen molar-refractivity contribution in [1.82, 2.24) is 5.32 Å². The average Bonchev–Trinajstić information content (AvgIpc) is 2.22. The van der Waals surface area contributed by atoms with Crippen molar-refractivity contribution < 1.29 is 0 Å². The predicted molar refractivity (Wildman–Crippen MR) is 63.8 cm³/mol. The first-order valence-electron chi connectivity index (χ1n) is 6.92. The van der Waals surface area contributed by atoms with Crippen LogP contribution < -0.4 is 5.32 Å². The Hall–Kier alpha value is -0.550. The molecule has 0 radical (unpaired) electrons. The molecule has 4 fully saturated rings. The lowest BCUT2D eigenvalue weighted by Gasteiger charge is -2.57. The highest BCUT2D eigenvalue weighted by atomic mass is 15.0. The average molecular weight is 218 g/mol. The highest BCUT2D eigenvalue weighted by Gasteiger charge is 2.50. The molecule has 0 heterocycles. The lowest BCUT2D eigenvalue weighted by molar-refractivity contribution is -0.0195. The summed E-state index contributed by atoms with van der Waals surface area (Å²) in [5.41, 5.74) is 0.490. The molecule has 0 unspecified atom stereocenters. The molecule has 0 aromatic carbocycles. The zero-order valence-corrected chi connectivity index (χ0v) is 10.0. The first kappa shape index (κ1) is 10.6. The van der Waals surface area contributed by atoms with Crippen LogP contribution in [0.1, 0.15) is 51.4 Å². The number of nitriles is 1. The summed E-state index contributed by atoms with van der Waals surface area (Å²) in [4.78, 5) is 0. The summed E-state index contributed by atoms with van der Waals surface area (Å²) < 4.78 is 0. The molecule has 0 aromatic rings. The maximum Gasteiger partial charge on any atom is 0.0622 e. The Balaban J connectivity index is 1.59. The zero-order valence-electron chi connectivity index (χ0n) is 10.0. The van der Waals surface area contributed by atoms with Gasteiger partial charge in [-0.05, 0) is 69.2 Å². The van der Waals surface area contributed by atoms with Crippen molar-refractivity contribution in [1.29, 1.82) is 5.26 Å². The fourth-order valence-electron chi connectivity index (χ4n) is 4.85. The number of hydrogen-bond donors (Lipinski definition) is 1. The van der Waals surface area contributed by atoms with Crippen LogP contribution in [0.2, 0.25) is 0 Å². The molecule has 0 spiro atoms. The van der Waals surface area contributed by atoms with E-state index in [1.165, 1.54) is 38.5 Å². The molecule has 0 saturated heterocycles. The molecular weight excluding hydrogens is 196 g/mol. The lowest BCUT2D eigenvalue weighted by Crippen LogP contribution is -2.58. The van der Waals surface area contributed by atoms with Gasteiger partial charge in [-0.25, -0.2) is 0 Å². The summed E-state index contributed by atoms with van der Waals surface area (Å²) in [6, 6.07) is 2.24. The summed E-state index contributed by atoms with van der Waals surface area (Å²) in [5.74, 6) is 3.07. The number of rotatable bonds is 4. The van der Waals surface area contributed by atoms with Crippen LogP contribution in [0.5, 0.6) is 0 Å². The summed E-state index contributed by atoms with van der Waals surface area (Å²) in [6.45, 7) is 1.06. The van der Waals surface area contributed by atoms with E-state index in [1.54, 1.807) is 0 Å². The molecule has 0 aromatic heterocycles. The molecule has 4 bridgehead atoms. The van der Waals surface area contributed by atoms with Gasteiger partial charge in [0.15, 0.2) is 0 Å². The Morgan fingerprint density at radius 2 is 1.62 bits per heavy atom. The third-order valence-electron chi connectivity index (χ3n) is 5.00. The van der Waals surface area contributed by atoms with E-state index in [0.717, 1.165) is 30.7 Å². The van der Waals surface area contributed by atoms with Crippen LogP contribution in [0.4, 0.5) is 0 Å². The Morgan fingerprint density at radius 1 is 1.06 bits per heavy atom. The van der Waals surface area contributed by atoms with Gasteiger partial charge in [-0.3, -0.25) is 0 Å². The summed E-state index contributed by atoms with van der Waals surface area (Å²) in [7, 11) is 0. The Kier molecular flexibility index (Phi) is 2.67. The lowest BCUT2D eigenvalue weighted by atomic mass is 9.53. The van der Waals surface area contributed by atoms with Gasteiger partial charge in [-0.15, -0.1) is 0 Å². The van der Waals surface area contributed by atoms with E-state index < -0.39 is 0 Å². The van der Waals surface area contributed by atoms with Crippen LogP contribution in [0.15, 0.2) is 0 Å². The van der Waals surface area contributed by atoms with Crippen LogP contribution in [-0.2, 0) is 0 Å². The second-order valence-corrected chi connectivity index (χ2v) is 6.39. The van der Waals surface area contributed by atoms with Crippen LogP contribution >= 0.6 is 0 Å². The van der Waals surface area contributed by atoms with E-state index in [4.69, 9.17) is 5.26 Å². The first-order valence-corrected chi connectivity index (χ1v) is 6.92. The molecular formula is C14H22N2. The van der Waals surface area contributed by atoms with Crippen molar-refractivity contribution in [3.63, 3.8) is 0 Å². The van der Waals surface area contributed by atoms with Gasteiger partial charge in [0.25, 0.3) is 0 Å². The normalized spacial score (nSPS) is 44.6. The standard InChI is InChI=1S/C14H22N2/c15-3-1-2-4-16-14-8-11-5-12(9-14)7-13(6-11)10-14/h11-13,16H,1-2,4-10H2. The SMILES string of the molecule is N#CCCCNC12CC3CC(CC(C3)C1)C2. The van der Waals surface area contributed by atoms with Crippen LogP contribution in [0.25, 0.3) is 0 Å². The minimum absolute atomic E-state index is 0.490. The molecule has 1 N–H and O–H groups in total. The van der Waals surface area contributed by atoms with Gasteiger partial charge in [0.1, 0.15) is 0 Å². The van der Waals surface area contributed by atoms with Gasteiger partial charge in [0, 0.05) is 12.0 Å². The largest absolute Gasteiger partial charge is 0.311 e. The number of nitrogens with one attached hydrogen (secondary N) is 1. The van der Waals surface area contributed by atoms with Crippen LogP contribution in [0.3, 0.4) is 0 Å². The maximum atomic E-state index is 8.55. The van der Waals surface area contributed by atoms with Gasteiger partial charge in [-0.2, -0.15) is 5.26 Å². The first-order chi connectivity index (χ1) is 7.80. The second-order valence-electron chi connectivity index (χ2n) is 6.39. The van der Waals surface area contributed by atoms with E-state index in [1.807, 2.05) is 0 Å². The molecule has 2 heteroatoms. The quantitative estimate of drug-likeness (QED) is 0.736. The highest BCUT2D eigenvalue weighted by Crippen LogP contribution is 2.55. The van der Waals surface area contributed by atoms with Gasteiger partial charge < -0.3 is 5.32 Å². The van der Waals surface area contributed by atoms with E-state index >= 15 is 0 Å². The molecule has 0 aliphatic heterocycles. The van der Waals surface area contributed by atoms with Crippen molar-refractivity contribution >= 4 is 0 Å². The Morgan fingerprint density at radius 3 is 2.12 bits per heavy atom. The maximum absolute atomic E-state index is 8.55. The Labute approximate surface area is 98.4 Å². The van der Waals surface area contributed by atoms with Crippen molar-refractivity contribution in [2.75, 3.05) is 6.54 Å². The number of unbranched alkanes of at least 4 members (excludes halogenated alkanes) is 1. The minimum Gasteiger partial charge on any atom is -0.311 e. The molecule has 4 aliphatic rings. The van der Waals surface area contributed by atoms with Crippen LogP contribution in [-0.4, -0.2) is 12.1 Å². The summed E-state index contributed by atoms with van der Waals surface area (Å²) in [6.07, 6.45) is 10.5. The fraction of sp³-hybridized carbons (Fsp3) is 0.929. The van der Waals surface area contributed by atoms with Gasteiger partial charge in [-0.1, -0.05) is 0 Å². The van der Waals surface area contributed by atoms with Gasteiger partial charge >= 0.3 is 0 Å². The van der Waals surface area contributed by atoms with Gasteiger partial charge in [0.2, 0.25) is 0 Å². The smallest absolute Gasteiger partial charge is 0.0622 e. The van der Waals surface area contributed by atoms with Crippen molar-refractivity contribution in [3.05, 3.63) is 0 Å². The van der Waals surface area contributed by atoms with E-state index in [2.05, 4.69) is 11.4 Å². The summed E-state index contributed by atoms with van der Waals surface area (Å²) in [5, 5.41) is 12.4. The predicted octanol–water partition coefficient (Wildman–Crippen LogP) is 2.85.